The summed E-state index contributed by atoms with van der Waals surface area (Å²) in [7, 11) is 0. The molecule has 0 aromatic heterocycles. The maximum absolute atomic E-state index is 11.7. The molecule has 4 nitrogen and oxygen atoms in total. The van der Waals surface area contributed by atoms with Crippen molar-refractivity contribution < 1.29 is 9.90 Å². The molecular weight excluding hydrogens is 300 g/mol. The van der Waals surface area contributed by atoms with Crippen molar-refractivity contribution in [3.05, 3.63) is 59.1 Å². The smallest absolute Gasteiger partial charge is 0.315 e. The van der Waals surface area contributed by atoms with Crippen molar-refractivity contribution in [3.8, 4) is 11.1 Å². The number of hydrogen-bond acceptors (Lipinski definition) is 2. The number of aliphatic hydroxyl groups excluding tert-OH is 1. The molecule has 22 heavy (non-hydrogen) atoms. The minimum atomic E-state index is -0.237. The third-order valence-electron chi connectivity index (χ3n) is 3.23. The van der Waals surface area contributed by atoms with Crippen LogP contribution in [0.3, 0.4) is 0 Å². The van der Waals surface area contributed by atoms with Crippen molar-refractivity contribution >= 4 is 17.6 Å². The molecule has 0 heterocycles. The van der Waals surface area contributed by atoms with Gasteiger partial charge in [-0.05, 0) is 35.2 Å². The largest absolute Gasteiger partial charge is 0.396 e. The number of urea groups is 1. The number of nitrogens with one attached hydrogen (secondary N) is 2. The van der Waals surface area contributed by atoms with E-state index in [-0.39, 0.29) is 12.6 Å². The summed E-state index contributed by atoms with van der Waals surface area (Å²) in [5.41, 5.74) is 3.15. The summed E-state index contributed by atoms with van der Waals surface area (Å²) in [6.07, 6.45) is 0.550. The summed E-state index contributed by atoms with van der Waals surface area (Å²) in [6, 6.07) is 15.3. The third kappa shape index (κ3) is 4.76. The second-order valence-corrected chi connectivity index (χ2v) is 5.29. The van der Waals surface area contributed by atoms with Crippen molar-refractivity contribution in [1.82, 2.24) is 10.6 Å². The number of benzene rings is 2. The van der Waals surface area contributed by atoms with Crippen LogP contribution in [0.15, 0.2) is 48.5 Å². The molecule has 0 saturated carbocycles. The molecule has 2 aromatic carbocycles. The number of amides is 2. The number of halogens is 1. The molecule has 0 aliphatic carbocycles. The molecule has 3 N–H and O–H groups in total. The van der Waals surface area contributed by atoms with Gasteiger partial charge in [-0.15, -0.1) is 0 Å². The Balaban J connectivity index is 2.02. The summed E-state index contributed by atoms with van der Waals surface area (Å²) >= 11 is 5.92. The molecule has 2 rings (SSSR count). The molecule has 0 radical (unpaired) electrons. The molecule has 0 unspecified atom stereocenters. The standard InChI is InChI=1S/C17H19ClN2O2/c18-15-8-6-13(7-9-15)16-5-2-1-4-14(16)12-20-17(22)19-10-3-11-21/h1-2,4-9,21H,3,10-12H2,(H2,19,20,22). The van der Waals surface area contributed by atoms with Crippen molar-refractivity contribution in [1.29, 1.82) is 0 Å². The molecule has 2 aromatic rings. The van der Waals surface area contributed by atoms with Crippen molar-refractivity contribution in [2.24, 2.45) is 0 Å². The fourth-order valence-corrected chi connectivity index (χ4v) is 2.23. The highest BCUT2D eigenvalue weighted by Crippen LogP contribution is 2.25. The van der Waals surface area contributed by atoms with Gasteiger partial charge in [-0.2, -0.15) is 0 Å². The van der Waals surface area contributed by atoms with Gasteiger partial charge in [-0.1, -0.05) is 48.0 Å². The monoisotopic (exact) mass is 318 g/mol. The Morgan fingerprint density at radius 3 is 2.50 bits per heavy atom. The average molecular weight is 319 g/mol. The zero-order valence-corrected chi connectivity index (χ0v) is 12.9. The Hall–Kier alpha value is -2.04. The normalized spacial score (nSPS) is 10.3. The first kappa shape index (κ1) is 16.3. The van der Waals surface area contributed by atoms with E-state index in [0.29, 0.717) is 24.5 Å². The fraction of sp³-hybridized carbons (Fsp3) is 0.235. The van der Waals surface area contributed by atoms with Gasteiger partial charge in [0.25, 0.3) is 0 Å². The van der Waals surface area contributed by atoms with E-state index in [1.165, 1.54) is 0 Å². The molecule has 0 bridgehead atoms. The Kier molecular flexibility index (Phi) is 6.25. The van der Waals surface area contributed by atoms with Crippen LogP contribution in [0.25, 0.3) is 11.1 Å². The minimum Gasteiger partial charge on any atom is -0.396 e. The van der Waals surface area contributed by atoms with E-state index in [1.807, 2.05) is 48.5 Å². The van der Waals surface area contributed by atoms with Gasteiger partial charge >= 0.3 is 6.03 Å². The van der Waals surface area contributed by atoms with Gasteiger partial charge in [-0.3, -0.25) is 0 Å². The zero-order chi connectivity index (χ0) is 15.8. The number of carbonyl (C=O) groups excluding carboxylic acids is 1. The highest BCUT2D eigenvalue weighted by molar-refractivity contribution is 6.30. The van der Waals surface area contributed by atoms with Gasteiger partial charge in [0.05, 0.1) is 0 Å². The van der Waals surface area contributed by atoms with Crippen molar-refractivity contribution in [2.75, 3.05) is 13.2 Å². The summed E-state index contributed by atoms with van der Waals surface area (Å²) in [4.78, 5) is 11.7. The lowest BCUT2D eigenvalue weighted by Crippen LogP contribution is -2.35. The molecule has 2 amide bonds. The summed E-state index contributed by atoms with van der Waals surface area (Å²) in [5.74, 6) is 0. The first-order valence-electron chi connectivity index (χ1n) is 7.17. The second kappa shape index (κ2) is 8.41. The van der Waals surface area contributed by atoms with E-state index < -0.39 is 0 Å². The Morgan fingerprint density at radius 2 is 1.77 bits per heavy atom. The van der Waals surface area contributed by atoms with Crippen LogP contribution < -0.4 is 10.6 Å². The van der Waals surface area contributed by atoms with Crippen LogP contribution in [-0.2, 0) is 6.54 Å². The van der Waals surface area contributed by atoms with Crippen LogP contribution in [0.2, 0.25) is 5.02 Å². The molecule has 0 aliphatic rings. The van der Waals surface area contributed by atoms with Crippen LogP contribution >= 0.6 is 11.6 Å². The van der Waals surface area contributed by atoms with E-state index in [9.17, 15) is 4.79 Å². The van der Waals surface area contributed by atoms with Crippen LogP contribution in [0.5, 0.6) is 0 Å². The Labute approximate surface area is 135 Å². The van der Waals surface area contributed by atoms with E-state index in [0.717, 1.165) is 16.7 Å². The fourth-order valence-electron chi connectivity index (χ4n) is 2.10. The molecule has 5 heteroatoms. The van der Waals surface area contributed by atoms with Crippen molar-refractivity contribution in [2.45, 2.75) is 13.0 Å². The summed E-state index contributed by atoms with van der Waals surface area (Å²) < 4.78 is 0. The number of rotatable bonds is 6. The van der Waals surface area contributed by atoms with E-state index in [2.05, 4.69) is 10.6 Å². The van der Waals surface area contributed by atoms with E-state index in [1.54, 1.807) is 0 Å². The van der Waals surface area contributed by atoms with Gasteiger partial charge in [0.15, 0.2) is 0 Å². The van der Waals surface area contributed by atoms with E-state index in [4.69, 9.17) is 16.7 Å². The molecule has 0 saturated heterocycles. The molecule has 0 atom stereocenters. The zero-order valence-electron chi connectivity index (χ0n) is 12.2. The van der Waals surface area contributed by atoms with Crippen LogP contribution in [0.1, 0.15) is 12.0 Å². The Bertz CT molecular complexity index is 614. The molecule has 0 spiro atoms. The minimum absolute atomic E-state index is 0.0691. The molecule has 0 aliphatic heterocycles. The topological polar surface area (TPSA) is 61.4 Å². The maximum Gasteiger partial charge on any atom is 0.315 e. The highest BCUT2D eigenvalue weighted by Gasteiger charge is 2.06. The summed E-state index contributed by atoms with van der Waals surface area (Å²) in [5, 5.41) is 14.9. The SMILES string of the molecule is O=C(NCCCO)NCc1ccccc1-c1ccc(Cl)cc1. The van der Waals surface area contributed by atoms with Gasteiger partial charge in [0.2, 0.25) is 0 Å². The predicted octanol–water partition coefficient (Wildman–Crippen LogP) is 3.19. The van der Waals surface area contributed by atoms with Crippen LogP contribution in [0, 0.1) is 0 Å². The first-order valence-corrected chi connectivity index (χ1v) is 7.55. The lowest BCUT2D eigenvalue weighted by Gasteiger charge is -2.11. The number of aliphatic hydroxyl groups is 1. The van der Waals surface area contributed by atoms with E-state index >= 15 is 0 Å². The summed E-state index contributed by atoms with van der Waals surface area (Å²) in [6.45, 7) is 0.963. The quantitative estimate of drug-likeness (QED) is 0.716. The lowest BCUT2D eigenvalue weighted by atomic mass is 10.00. The average Bonchev–Trinajstić information content (AvgIpc) is 2.54. The molecule has 0 fully saturated rings. The van der Waals surface area contributed by atoms with Crippen LogP contribution in [0.4, 0.5) is 4.79 Å². The number of carbonyl (C=O) groups is 1. The van der Waals surface area contributed by atoms with Gasteiger partial charge in [0, 0.05) is 24.7 Å². The third-order valence-corrected chi connectivity index (χ3v) is 3.48. The first-order chi connectivity index (χ1) is 10.7. The highest BCUT2D eigenvalue weighted by atomic mass is 35.5. The van der Waals surface area contributed by atoms with Crippen molar-refractivity contribution in [3.63, 3.8) is 0 Å². The van der Waals surface area contributed by atoms with Crippen LogP contribution in [-0.4, -0.2) is 24.3 Å². The van der Waals surface area contributed by atoms with Gasteiger partial charge in [-0.25, -0.2) is 4.79 Å². The van der Waals surface area contributed by atoms with Gasteiger partial charge < -0.3 is 15.7 Å². The Morgan fingerprint density at radius 1 is 1.05 bits per heavy atom. The lowest BCUT2D eigenvalue weighted by molar-refractivity contribution is 0.238. The number of hydrogen-bond donors (Lipinski definition) is 3. The maximum atomic E-state index is 11.7. The second-order valence-electron chi connectivity index (χ2n) is 4.85. The van der Waals surface area contributed by atoms with Gasteiger partial charge in [0.1, 0.15) is 0 Å². The molecule has 116 valence electrons. The molecular formula is C17H19ClN2O2. The predicted molar refractivity (Wildman–Crippen MR) is 88.8 cm³/mol.